The van der Waals surface area contributed by atoms with Gasteiger partial charge in [-0.3, -0.25) is 4.79 Å². The number of Topliss-reactive ketones (excluding diaryl/α,β-unsaturated/α-hetero) is 1. The maximum absolute atomic E-state index is 11.2. The average molecular weight is 204 g/mol. The molecule has 0 bridgehead atoms. The number of carbonyl (C=O) groups excluding carboxylic acids is 1. The van der Waals surface area contributed by atoms with E-state index in [1.807, 2.05) is 24.3 Å². The van der Waals surface area contributed by atoms with Gasteiger partial charge in [-0.2, -0.15) is 0 Å². The molecule has 15 heavy (non-hydrogen) atoms. The molecular weight excluding hydrogens is 188 g/mol. The van der Waals surface area contributed by atoms with Crippen LogP contribution in [0.2, 0.25) is 0 Å². The molecule has 0 aliphatic rings. The van der Waals surface area contributed by atoms with E-state index in [-0.39, 0.29) is 5.78 Å². The number of hydrogen-bond acceptors (Lipinski definition) is 2. The summed E-state index contributed by atoms with van der Waals surface area (Å²) in [5.74, 6) is 1.08. The topological polar surface area (TPSA) is 26.3 Å². The number of hydrogen-bond donors (Lipinski definition) is 0. The van der Waals surface area contributed by atoms with E-state index in [1.54, 1.807) is 13.2 Å². The highest BCUT2D eigenvalue weighted by molar-refractivity contribution is 5.79. The Hall–Kier alpha value is -1.57. The molecule has 80 valence electrons. The first-order valence-corrected chi connectivity index (χ1v) is 5.02. The van der Waals surface area contributed by atoms with Crippen molar-refractivity contribution in [2.24, 2.45) is 0 Å². The van der Waals surface area contributed by atoms with E-state index >= 15 is 0 Å². The number of allylic oxidation sites excluding steroid dienone is 1. The Kier molecular flexibility index (Phi) is 4.61. The quantitative estimate of drug-likeness (QED) is 0.666. The van der Waals surface area contributed by atoms with Crippen LogP contribution in [0.1, 0.15) is 18.4 Å². The van der Waals surface area contributed by atoms with Crippen LogP contribution in [0.25, 0.3) is 0 Å². The van der Waals surface area contributed by atoms with Gasteiger partial charge in [0.05, 0.1) is 7.11 Å². The summed E-state index contributed by atoms with van der Waals surface area (Å²) < 4.78 is 5.05. The lowest BCUT2D eigenvalue weighted by Gasteiger charge is -2.02. The number of carbonyl (C=O) groups is 1. The molecule has 0 saturated carbocycles. The van der Waals surface area contributed by atoms with Crippen LogP contribution in [0.4, 0.5) is 0 Å². The van der Waals surface area contributed by atoms with Crippen LogP contribution in [0.3, 0.4) is 0 Å². The molecule has 0 amide bonds. The highest BCUT2D eigenvalue weighted by atomic mass is 16.5. The van der Waals surface area contributed by atoms with Gasteiger partial charge in [-0.25, -0.2) is 0 Å². The Morgan fingerprint density at radius 2 is 2.07 bits per heavy atom. The van der Waals surface area contributed by atoms with E-state index < -0.39 is 0 Å². The third kappa shape index (κ3) is 3.98. The van der Waals surface area contributed by atoms with Gasteiger partial charge in [-0.05, 0) is 24.1 Å². The Balaban J connectivity index is 2.43. The van der Waals surface area contributed by atoms with Crippen molar-refractivity contribution >= 4 is 5.78 Å². The normalized spacial score (nSPS) is 9.67. The van der Waals surface area contributed by atoms with Crippen molar-refractivity contribution in [1.29, 1.82) is 0 Å². The summed E-state index contributed by atoms with van der Waals surface area (Å²) in [6, 6.07) is 7.79. The Morgan fingerprint density at radius 1 is 1.40 bits per heavy atom. The fourth-order valence-electron chi connectivity index (χ4n) is 1.34. The molecule has 0 aromatic heterocycles. The SMILES string of the molecule is C=CCC(=O)CCc1ccc(OC)cc1. The first kappa shape index (κ1) is 11.5. The second kappa shape index (κ2) is 6.02. The van der Waals surface area contributed by atoms with Gasteiger partial charge in [-0.1, -0.05) is 18.2 Å². The summed E-state index contributed by atoms with van der Waals surface area (Å²) in [5, 5.41) is 0. The van der Waals surface area contributed by atoms with Crippen LogP contribution in [0.5, 0.6) is 5.75 Å². The van der Waals surface area contributed by atoms with Gasteiger partial charge in [0.25, 0.3) is 0 Å². The van der Waals surface area contributed by atoms with Crippen molar-refractivity contribution in [3.63, 3.8) is 0 Å². The fraction of sp³-hybridized carbons (Fsp3) is 0.308. The van der Waals surface area contributed by atoms with E-state index in [9.17, 15) is 4.79 Å². The number of methoxy groups -OCH3 is 1. The lowest BCUT2D eigenvalue weighted by atomic mass is 10.1. The van der Waals surface area contributed by atoms with Gasteiger partial charge < -0.3 is 4.74 Å². The number of ether oxygens (including phenoxy) is 1. The summed E-state index contributed by atoms with van der Waals surface area (Å²) in [7, 11) is 1.64. The molecule has 2 heteroatoms. The summed E-state index contributed by atoms with van der Waals surface area (Å²) in [6.45, 7) is 3.54. The molecule has 0 spiro atoms. The van der Waals surface area contributed by atoms with Crippen LogP contribution in [-0.2, 0) is 11.2 Å². The van der Waals surface area contributed by atoms with E-state index in [1.165, 1.54) is 0 Å². The van der Waals surface area contributed by atoms with Crippen molar-refractivity contribution < 1.29 is 9.53 Å². The van der Waals surface area contributed by atoms with Crippen LogP contribution in [-0.4, -0.2) is 12.9 Å². The number of ketones is 1. The van der Waals surface area contributed by atoms with Gasteiger partial charge in [-0.15, -0.1) is 6.58 Å². The molecule has 0 heterocycles. The summed E-state index contributed by atoms with van der Waals surface area (Å²) >= 11 is 0. The molecule has 1 aromatic rings. The molecule has 0 aliphatic heterocycles. The predicted octanol–water partition coefficient (Wildman–Crippen LogP) is 2.77. The zero-order chi connectivity index (χ0) is 11.1. The predicted molar refractivity (Wildman–Crippen MR) is 61.1 cm³/mol. The average Bonchev–Trinajstić information content (AvgIpc) is 2.27. The summed E-state index contributed by atoms with van der Waals surface area (Å²) in [5.41, 5.74) is 1.16. The highest BCUT2D eigenvalue weighted by Gasteiger charge is 2.00. The van der Waals surface area contributed by atoms with Crippen molar-refractivity contribution in [1.82, 2.24) is 0 Å². The van der Waals surface area contributed by atoms with E-state index in [0.717, 1.165) is 17.7 Å². The van der Waals surface area contributed by atoms with Crippen LogP contribution in [0, 0.1) is 0 Å². The van der Waals surface area contributed by atoms with E-state index in [0.29, 0.717) is 12.8 Å². The number of benzene rings is 1. The van der Waals surface area contributed by atoms with Crippen molar-refractivity contribution in [2.45, 2.75) is 19.3 Å². The Morgan fingerprint density at radius 3 is 2.60 bits per heavy atom. The van der Waals surface area contributed by atoms with Gasteiger partial charge in [0.2, 0.25) is 0 Å². The molecule has 0 unspecified atom stereocenters. The standard InChI is InChI=1S/C13H16O2/c1-3-4-12(14)8-5-11-6-9-13(15-2)10-7-11/h3,6-7,9-10H,1,4-5,8H2,2H3. The first-order chi connectivity index (χ1) is 7.26. The van der Waals surface area contributed by atoms with Gasteiger partial charge >= 0.3 is 0 Å². The lowest BCUT2D eigenvalue weighted by molar-refractivity contribution is -0.118. The molecule has 1 rings (SSSR count). The second-order valence-corrected chi connectivity index (χ2v) is 3.38. The third-order valence-corrected chi connectivity index (χ3v) is 2.22. The molecule has 0 aliphatic carbocycles. The Labute approximate surface area is 90.6 Å². The van der Waals surface area contributed by atoms with Crippen molar-refractivity contribution in [2.75, 3.05) is 7.11 Å². The van der Waals surface area contributed by atoms with Crippen molar-refractivity contribution in [3.05, 3.63) is 42.5 Å². The van der Waals surface area contributed by atoms with Crippen LogP contribution >= 0.6 is 0 Å². The molecule has 0 radical (unpaired) electrons. The minimum atomic E-state index is 0.237. The van der Waals surface area contributed by atoms with Crippen molar-refractivity contribution in [3.8, 4) is 5.75 Å². The van der Waals surface area contributed by atoms with Crippen LogP contribution in [0.15, 0.2) is 36.9 Å². The zero-order valence-electron chi connectivity index (χ0n) is 9.03. The molecule has 0 atom stereocenters. The second-order valence-electron chi connectivity index (χ2n) is 3.38. The molecule has 0 fully saturated rings. The minimum Gasteiger partial charge on any atom is -0.497 e. The largest absolute Gasteiger partial charge is 0.497 e. The lowest BCUT2D eigenvalue weighted by Crippen LogP contribution is -1.98. The number of rotatable bonds is 6. The van der Waals surface area contributed by atoms with E-state index in [2.05, 4.69) is 6.58 Å². The van der Waals surface area contributed by atoms with E-state index in [4.69, 9.17) is 4.74 Å². The third-order valence-electron chi connectivity index (χ3n) is 2.22. The Bertz CT molecular complexity index is 325. The number of aryl methyl sites for hydroxylation is 1. The fourth-order valence-corrected chi connectivity index (χ4v) is 1.34. The van der Waals surface area contributed by atoms with Gasteiger partial charge in [0.15, 0.2) is 0 Å². The first-order valence-electron chi connectivity index (χ1n) is 5.02. The molecule has 1 aromatic carbocycles. The smallest absolute Gasteiger partial charge is 0.136 e. The maximum atomic E-state index is 11.2. The molecule has 0 saturated heterocycles. The highest BCUT2D eigenvalue weighted by Crippen LogP contribution is 2.12. The molecule has 2 nitrogen and oxygen atoms in total. The van der Waals surface area contributed by atoms with Gasteiger partial charge in [0, 0.05) is 12.8 Å². The minimum absolute atomic E-state index is 0.237. The monoisotopic (exact) mass is 204 g/mol. The zero-order valence-corrected chi connectivity index (χ0v) is 9.03. The molecule has 0 N–H and O–H groups in total. The summed E-state index contributed by atoms with van der Waals surface area (Å²) in [6.07, 6.45) is 3.49. The van der Waals surface area contributed by atoms with Gasteiger partial charge in [0.1, 0.15) is 11.5 Å². The molecular formula is C13H16O2. The van der Waals surface area contributed by atoms with Crippen LogP contribution < -0.4 is 4.74 Å². The summed E-state index contributed by atoms with van der Waals surface area (Å²) in [4.78, 5) is 11.2. The maximum Gasteiger partial charge on any atom is 0.136 e.